The van der Waals surface area contributed by atoms with Crippen molar-refractivity contribution in [3.05, 3.63) is 0 Å². The third-order valence-electron chi connectivity index (χ3n) is 0.707. The Hall–Kier alpha value is 0.434. The van der Waals surface area contributed by atoms with Crippen molar-refractivity contribution in [2.24, 2.45) is 0 Å². The maximum Gasteiger partial charge on any atom is 0.0410 e. The minimum absolute atomic E-state index is 0.120. The summed E-state index contributed by atoms with van der Waals surface area (Å²) >= 11 is 0. The maximum absolute atomic E-state index is 2.32. The van der Waals surface area contributed by atoms with Crippen LogP contribution in [0.1, 0.15) is 6.92 Å². The summed E-state index contributed by atoms with van der Waals surface area (Å²) in [7, 11) is 0.246. The summed E-state index contributed by atoms with van der Waals surface area (Å²) < 4.78 is 0. The van der Waals surface area contributed by atoms with E-state index >= 15 is 0 Å². The van der Waals surface area contributed by atoms with Gasteiger partial charge in [-0.1, -0.05) is 45.7 Å². The molecule has 0 heterocycles. The van der Waals surface area contributed by atoms with Gasteiger partial charge in [0, 0.05) is 17.6 Å². The van der Waals surface area contributed by atoms with E-state index in [0.717, 1.165) is 0 Å². The predicted molar refractivity (Wildman–Crippen MR) is 51.3 cm³/mol. The van der Waals surface area contributed by atoms with Gasteiger partial charge in [-0.15, -0.1) is 0 Å². The first-order valence-corrected chi connectivity index (χ1v) is 9.27. The van der Waals surface area contributed by atoms with E-state index in [9.17, 15) is 0 Å². The summed E-state index contributed by atoms with van der Waals surface area (Å²) in [6.45, 7) is 13.7. The van der Waals surface area contributed by atoms with Gasteiger partial charge in [-0.3, -0.25) is 0 Å². The van der Waals surface area contributed by atoms with Crippen molar-refractivity contribution >= 4 is 17.6 Å². The van der Waals surface area contributed by atoms with Gasteiger partial charge in [0.05, 0.1) is 0 Å². The fraction of sp³-hybridized carbons (Fsp3) is 1.00. The lowest BCUT2D eigenvalue weighted by Crippen LogP contribution is -1.92. The van der Waals surface area contributed by atoms with E-state index in [-0.39, 0.29) is 17.6 Å². The van der Waals surface area contributed by atoms with Crippen LogP contribution >= 0.6 is 0 Å². The fourth-order valence-corrected chi connectivity index (χ4v) is 0. The van der Waals surface area contributed by atoms with Gasteiger partial charge >= 0.3 is 0 Å². The number of hydrogen-bond acceptors (Lipinski definition) is 0. The lowest BCUT2D eigenvalue weighted by atomic mass is 11.0. The van der Waals surface area contributed by atoms with Gasteiger partial charge < -0.3 is 0 Å². The zero-order valence-corrected chi connectivity index (χ0v) is 9.71. The zero-order chi connectivity index (χ0) is 7.86. The first kappa shape index (κ1) is 12.1. The molecule has 0 aromatic rings. The first-order chi connectivity index (χ1) is 4.00. The quantitative estimate of drug-likeness (QED) is 0.517. The Balaban J connectivity index is 0. The van der Waals surface area contributed by atoms with Gasteiger partial charge in [0.15, 0.2) is 0 Å². The Morgan fingerprint density at radius 3 is 1.00 bits per heavy atom. The SMILES string of the molecule is CC[Si](C)C.C[Si](C)C. The molecule has 0 aliphatic heterocycles. The molecule has 9 heavy (non-hydrogen) atoms. The topological polar surface area (TPSA) is 0 Å². The molecule has 0 aromatic heterocycles. The molecule has 2 radical (unpaired) electrons. The second kappa shape index (κ2) is 8.43. The lowest BCUT2D eigenvalue weighted by molar-refractivity contribution is 1.41. The minimum atomic E-state index is 0.120. The second-order valence-corrected chi connectivity index (χ2v) is 9.18. The molecule has 0 fully saturated rings. The van der Waals surface area contributed by atoms with E-state index < -0.39 is 0 Å². The molecule has 0 saturated carbocycles. The molecule has 0 amide bonds. The van der Waals surface area contributed by atoms with Crippen molar-refractivity contribution in [3.8, 4) is 0 Å². The molecule has 0 aliphatic carbocycles. The van der Waals surface area contributed by atoms with Crippen molar-refractivity contribution in [1.29, 1.82) is 0 Å². The third-order valence-corrected chi connectivity index (χ3v) is 2.12. The van der Waals surface area contributed by atoms with Gasteiger partial charge in [-0.25, -0.2) is 0 Å². The molecule has 0 N–H and O–H groups in total. The molecule has 0 saturated heterocycles. The van der Waals surface area contributed by atoms with E-state index in [1.165, 1.54) is 6.04 Å². The fourth-order valence-electron chi connectivity index (χ4n) is 0. The highest BCUT2D eigenvalue weighted by molar-refractivity contribution is 6.55. The van der Waals surface area contributed by atoms with Crippen molar-refractivity contribution < 1.29 is 0 Å². The summed E-state index contributed by atoms with van der Waals surface area (Å²) in [6.07, 6.45) is 0. The van der Waals surface area contributed by atoms with Gasteiger partial charge in [-0.2, -0.15) is 0 Å². The molecule has 0 unspecified atom stereocenters. The van der Waals surface area contributed by atoms with Gasteiger partial charge in [0.25, 0.3) is 0 Å². The second-order valence-electron chi connectivity index (χ2n) is 3.06. The molecule has 0 spiro atoms. The summed E-state index contributed by atoms with van der Waals surface area (Å²) in [6, 6.07) is 1.41. The molecule has 0 nitrogen and oxygen atoms in total. The van der Waals surface area contributed by atoms with E-state index in [1.54, 1.807) is 0 Å². The van der Waals surface area contributed by atoms with Crippen LogP contribution in [0.25, 0.3) is 0 Å². The summed E-state index contributed by atoms with van der Waals surface area (Å²) in [5, 5.41) is 0. The lowest BCUT2D eigenvalue weighted by Gasteiger charge is -1.87. The Labute approximate surface area is 63.9 Å². The average molecular weight is 160 g/mol. The largest absolute Gasteiger partial charge is 0.0715 e. The van der Waals surface area contributed by atoms with E-state index in [0.29, 0.717) is 0 Å². The Bertz CT molecular complexity index is 39.4. The molecule has 2 heteroatoms. The van der Waals surface area contributed by atoms with Crippen LogP contribution < -0.4 is 0 Å². The number of rotatable bonds is 1. The van der Waals surface area contributed by atoms with Crippen molar-refractivity contribution in [1.82, 2.24) is 0 Å². The summed E-state index contributed by atoms with van der Waals surface area (Å²) in [4.78, 5) is 0. The van der Waals surface area contributed by atoms with Crippen LogP contribution in [0.4, 0.5) is 0 Å². The van der Waals surface area contributed by atoms with Crippen LogP contribution in [0, 0.1) is 0 Å². The normalized spacial score (nSPS) is 9.33. The number of hydrogen-bond donors (Lipinski definition) is 0. The van der Waals surface area contributed by atoms with Crippen LogP contribution in [0.2, 0.25) is 38.8 Å². The van der Waals surface area contributed by atoms with Crippen LogP contribution in [0.5, 0.6) is 0 Å². The average Bonchev–Trinajstić information content (AvgIpc) is 1.65. The summed E-state index contributed by atoms with van der Waals surface area (Å²) in [5.74, 6) is 0. The molecule has 0 rings (SSSR count). The molecule has 0 aliphatic rings. The summed E-state index contributed by atoms with van der Waals surface area (Å²) in [5.41, 5.74) is 0. The zero-order valence-electron chi connectivity index (χ0n) is 7.71. The molecule has 0 aromatic carbocycles. The minimum Gasteiger partial charge on any atom is -0.0715 e. The van der Waals surface area contributed by atoms with Crippen LogP contribution in [0.15, 0.2) is 0 Å². The molecule has 0 bridgehead atoms. The molecule has 56 valence electrons. The smallest absolute Gasteiger partial charge is 0.0410 e. The third kappa shape index (κ3) is 58.9. The van der Waals surface area contributed by atoms with Crippen molar-refractivity contribution in [2.75, 3.05) is 0 Å². The Morgan fingerprint density at radius 1 is 0.889 bits per heavy atom. The molecule has 0 atom stereocenters. The monoisotopic (exact) mass is 160 g/mol. The van der Waals surface area contributed by atoms with Crippen LogP contribution in [0.3, 0.4) is 0 Å². The van der Waals surface area contributed by atoms with Crippen LogP contribution in [-0.4, -0.2) is 17.6 Å². The van der Waals surface area contributed by atoms with Crippen molar-refractivity contribution in [2.45, 2.75) is 45.7 Å². The standard InChI is InChI=1S/C4H11Si.C3H9Si/c1-4-5(2)3;1-4(2)3/h4H2,1-3H3;1-3H3. The Kier molecular flexibility index (Phi) is 11.4. The van der Waals surface area contributed by atoms with Crippen molar-refractivity contribution in [3.63, 3.8) is 0 Å². The van der Waals surface area contributed by atoms with E-state index in [4.69, 9.17) is 0 Å². The first-order valence-electron chi connectivity index (χ1n) is 3.56. The van der Waals surface area contributed by atoms with Gasteiger partial charge in [0.2, 0.25) is 0 Å². The highest BCUT2D eigenvalue weighted by Gasteiger charge is 1.83. The predicted octanol–water partition coefficient (Wildman–Crippen LogP) is 3.13. The molecular formula is C7H20Si2. The van der Waals surface area contributed by atoms with Crippen LogP contribution in [-0.2, 0) is 0 Å². The van der Waals surface area contributed by atoms with Gasteiger partial charge in [-0.05, 0) is 0 Å². The highest BCUT2D eigenvalue weighted by Crippen LogP contribution is 1.83. The molecular weight excluding hydrogens is 140 g/mol. The maximum atomic E-state index is 2.32. The van der Waals surface area contributed by atoms with Gasteiger partial charge in [0.1, 0.15) is 0 Å². The van der Waals surface area contributed by atoms with E-state index in [2.05, 4.69) is 39.7 Å². The van der Waals surface area contributed by atoms with E-state index in [1.807, 2.05) is 0 Å². The highest BCUT2D eigenvalue weighted by atomic mass is 28.3. The Morgan fingerprint density at radius 2 is 1.00 bits per heavy atom.